The number of nitrogens with zero attached hydrogens (tertiary/aromatic N) is 1. The highest BCUT2D eigenvalue weighted by molar-refractivity contribution is 7.85. The molecule has 0 spiro atoms. The van der Waals surface area contributed by atoms with Gasteiger partial charge in [0.2, 0.25) is 6.79 Å². The molecule has 1 fully saturated rings. The molecule has 2 aromatic rings. The highest BCUT2D eigenvalue weighted by Gasteiger charge is 2.40. The highest BCUT2D eigenvalue weighted by atomic mass is 32.2. The lowest BCUT2D eigenvalue weighted by Crippen LogP contribution is -2.49. The van der Waals surface area contributed by atoms with E-state index in [0.717, 1.165) is 47.7 Å². The summed E-state index contributed by atoms with van der Waals surface area (Å²) in [6.45, 7) is 1.74. The number of fused-ring (bicyclic) bond motifs is 1. The van der Waals surface area contributed by atoms with Gasteiger partial charge in [-0.05, 0) is 31.0 Å². The Morgan fingerprint density at radius 2 is 2.17 bits per heavy atom. The largest absolute Gasteiger partial charge is 0.454 e. The maximum absolute atomic E-state index is 12.0. The molecule has 0 amide bonds. The molecular weight excluding hydrogens is 326 g/mol. The van der Waals surface area contributed by atoms with Crippen molar-refractivity contribution in [2.45, 2.75) is 30.6 Å². The van der Waals surface area contributed by atoms with E-state index in [-0.39, 0.29) is 11.5 Å². The summed E-state index contributed by atoms with van der Waals surface area (Å²) in [5.41, 5.74) is 3.08. The Morgan fingerprint density at radius 1 is 1.33 bits per heavy atom. The van der Waals surface area contributed by atoms with Gasteiger partial charge in [0, 0.05) is 41.3 Å². The van der Waals surface area contributed by atoms with Crippen LogP contribution in [0.2, 0.25) is 0 Å². The van der Waals surface area contributed by atoms with E-state index in [9.17, 15) is 4.21 Å². The molecule has 7 heteroatoms. The first-order valence-corrected chi connectivity index (χ1v) is 9.70. The summed E-state index contributed by atoms with van der Waals surface area (Å²) in [6, 6.07) is 5.88. The highest BCUT2D eigenvalue weighted by Crippen LogP contribution is 2.37. The summed E-state index contributed by atoms with van der Waals surface area (Å²) in [5, 5.41) is 10.7. The number of aromatic nitrogens is 2. The van der Waals surface area contributed by atoms with E-state index in [1.807, 2.05) is 30.7 Å². The van der Waals surface area contributed by atoms with Gasteiger partial charge in [0.25, 0.3) is 0 Å². The molecule has 1 aromatic carbocycles. The molecule has 0 saturated heterocycles. The lowest BCUT2D eigenvalue weighted by atomic mass is 9.84. The minimum Gasteiger partial charge on any atom is -0.454 e. The number of hydrogen-bond acceptors (Lipinski definition) is 5. The number of nitrogens with one attached hydrogen (secondary N) is 2. The molecule has 6 nitrogen and oxygen atoms in total. The minimum atomic E-state index is -0.788. The zero-order valence-electron chi connectivity index (χ0n) is 13.6. The summed E-state index contributed by atoms with van der Waals surface area (Å²) < 4.78 is 22.7. The van der Waals surface area contributed by atoms with Crippen LogP contribution in [0, 0.1) is 0 Å². The van der Waals surface area contributed by atoms with Crippen molar-refractivity contribution in [2.75, 3.05) is 19.6 Å². The molecule has 2 heterocycles. The number of rotatable bonds is 6. The third-order valence-corrected chi connectivity index (χ3v) is 6.79. The Balaban J connectivity index is 1.46. The smallest absolute Gasteiger partial charge is 0.231 e. The van der Waals surface area contributed by atoms with Crippen molar-refractivity contribution >= 4 is 10.8 Å². The van der Waals surface area contributed by atoms with Crippen molar-refractivity contribution in [1.29, 1.82) is 0 Å². The molecule has 1 atom stereocenters. The topological polar surface area (TPSA) is 76.2 Å². The number of H-pyrrole nitrogens is 1. The van der Waals surface area contributed by atoms with Crippen LogP contribution in [0.3, 0.4) is 0 Å². The first kappa shape index (κ1) is 15.7. The van der Waals surface area contributed by atoms with Crippen LogP contribution in [0.15, 0.2) is 24.4 Å². The second-order valence-electron chi connectivity index (χ2n) is 6.43. The van der Waals surface area contributed by atoms with E-state index >= 15 is 0 Å². The average Bonchev–Trinajstić information content (AvgIpc) is 3.17. The molecule has 0 bridgehead atoms. The maximum Gasteiger partial charge on any atom is 0.231 e. The Bertz CT molecular complexity index is 770. The van der Waals surface area contributed by atoms with Crippen LogP contribution in [0.1, 0.15) is 24.8 Å². The molecule has 1 saturated carbocycles. The fourth-order valence-corrected chi connectivity index (χ4v) is 4.48. The summed E-state index contributed by atoms with van der Waals surface area (Å²) in [5.74, 6) is 1.53. The third-order valence-electron chi connectivity index (χ3n) is 5.02. The van der Waals surface area contributed by atoms with Crippen LogP contribution in [0.4, 0.5) is 0 Å². The quantitative estimate of drug-likeness (QED) is 0.838. The Hall–Kier alpha value is -1.86. The summed E-state index contributed by atoms with van der Waals surface area (Å²) in [7, 11) is -0.788. The number of ether oxygens (including phenoxy) is 2. The lowest BCUT2D eigenvalue weighted by molar-refractivity contribution is 0.174. The van der Waals surface area contributed by atoms with Gasteiger partial charge in [-0.1, -0.05) is 6.42 Å². The molecule has 24 heavy (non-hydrogen) atoms. The van der Waals surface area contributed by atoms with Gasteiger partial charge in [0.15, 0.2) is 11.5 Å². The van der Waals surface area contributed by atoms with Gasteiger partial charge >= 0.3 is 0 Å². The monoisotopic (exact) mass is 347 g/mol. The van der Waals surface area contributed by atoms with Gasteiger partial charge in [0.05, 0.1) is 16.6 Å². The van der Waals surface area contributed by atoms with Crippen LogP contribution in [-0.4, -0.2) is 38.7 Å². The van der Waals surface area contributed by atoms with E-state index in [1.165, 1.54) is 6.42 Å². The van der Waals surface area contributed by atoms with E-state index in [4.69, 9.17) is 9.47 Å². The van der Waals surface area contributed by atoms with Crippen molar-refractivity contribution in [2.24, 2.45) is 0 Å². The zero-order valence-corrected chi connectivity index (χ0v) is 14.4. The van der Waals surface area contributed by atoms with Gasteiger partial charge in [-0.2, -0.15) is 5.10 Å². The summed E-state index contributed by atoms with van der Waals surface area (Å²) in [4.78, 5) is 0. The number of hydrogen-bond donors (Lipinski definition) is 2. The second-order valence-corrected chi connectivity index (χ2v) is 8.21. The van der Waals surface area contributed by atoms with Crippen LogP contribution in [0.5, 0.6) is 11.5 Å². The molecule has 2 aliphatic rings. The minimum absolute atomic E-state index is 0.0390. The molecule has 1 aromatic heterocycles. The SMILES string of the molecule is CS(=O)C1(CNCc2cn[nH]c2-c2ccc3c(c2)OCO3)CCC1. The standard InChI is InChI=1S/C17H21N3O3S/c1-24(21)17(5-2-6-17)10-18-8-13-9-19-20-16(13)12-3-4-14-15(7-12)23-11-22-14/h3-4,7,9,18H,2,5-6,8,10-11H2,1H3,(H,19,20). The van der Waals surface area contributed by atoms with Crippen molar-refractivity contribution < 1.29 is 13.7 Å². The molecule has 1 unspecified atom stereocenters. The maximum atomic E-state index is 12.0. The molecule has 2 N–H and O–H groups in total. The van der Waals surface area contributed by atoms with Gasteiger partial charge in [0.1, 0.15) is 0 Å². The van der Waals surface area contributed by atoms with Crippen LogP contribution in [0.25, 0.3) is 11.3 Å². The first-order valence-electron chi connectivity index (χ1n) is 8.14. The van der Waals surface area contributed by atoms with E-state index in [1.54, 1.807) is 0 Å². The van der Waals surface area contributed by atoms with Crippen molar-refractivity contribution in [3.8, 4) is 22.8 Å². The van der Waals surface area contributed by atoms with Gasteiger partial charge < -0.3 is 14.8 Å². The number of aromatic amines is 1. The van der Waals surface area contributed by atoms with E-state index in [2.05, 4.69) is 15.5 Å². The summed E-state index contributed by atoms with van der Waals surface area (Å²) in [6.07, 6.45) is 6.92. The molecular formula is C17H21N3O3S. The van der Waals surface area contributed by atoms with Crippen LogP contribution < -0.4 is 14.8 Å². The van der Waals surface area contributed by atoms with Gasteiger partial charge in [-0.3, -0.25) is 9.31 Å². The van der Waals surface area contributed by atoms with Gasteiger partial charge in [-0.25, -0.2) is 0 Å². The van der Waals surface area contributed by atoms with Gasteiger partial charge in [-0.15, -0.1) is 0 Å². The van der Waals surface area contributed by atoms with E-state index < -0.39 is 10.8 Å². The summed E-state index contributed by atoms with van der Waals surface area (Å²) >= 11 is 0. The van der Waals surface area contributed by atoms with Crippen LogP contribution >= 0.6 is 0 Å². The predicted molar refractivity (Wildman–Crippen MR) is 92.5 cm³/mol. The Labute approximate surface area is 143 Å². The molecule has 4 rings (SSSR count). The molecule has 1 aliphatic heterocycles. The van der Waals surface area contributed by atoms with Crippen molar-refractivity contribution in [1.82, 2.24) is 15.5 Å². The van der Waals surface area contributed by atoms with Crippen molar-refractivity contribution in [3.05, 3.63) is 30.0 Å². The second kappa shape index (κ2) is 6.22. The Kier molecular flexibility index (Phi) is 4.05. The zero-order chi connectivity index (χ0) is 16.6. The van der Waals surface area contributed by atoms with E-state index in [0.29, 0.717) is 6.54 Å². The third kappa shape index (κ3) is 2.71. The Morgan fingerprint density at radius 3 is 2.92 bits per heavy atom. The fraction of sp³-hybridized carbons (Fsp3) is 0.471. The molecule has 0 radical (unpaired) electrons. The number of benzene rings is 1. The van der Waals surface area contributed by atoms with Crippen molar-refractivity contribution in [3.63, 3.8) is 0 Å². The fourth-order valence-electron chi connectivity index (χ4n) is 3.31. The first-order chi connectivity index (χ1) is 11.7. The van der Waals surface area contributed by atoms with Crippen LogP contribution in [-0.2, 0) is 17.3 Å². The normalized spacial score (nSPS) is 19.0. The predicted octanol–water partition coefficient (Wildman–Crippen LogP) is 2.20. The average molecular weight is 347 g/mol. The molecule has 1 aliphatic carbocycles. The lowest BCUT2D eigenvalue weighted by Gasteiger charge is -2.40. The molecule has 128 valence electrons.